The van der Waals surface area contributed by atoms with Crippen LogP contribution in [0.1, 0.15) is 31.2 Å². The van der Waals surface area contributed by atoms with E-state index in [0.29, 0.717) is 5.78 Å². The molecule has 0 spiro atoms. The minimum Gasteiger partial charge on any atom is -0.372 e. The molecule has 1 aromatic rings. The first-order valence-electron chi connectivity index (χ1n) is 8.17. The molecule has 0 amide bonds. The molecule has 4 saturated heterocycles. The van der Waals surface area contributed by atoms with Gasteiger partial charge in [0.2, 0.25) is 0 Å². The molecule has 0 aromatic heterocycles. The maximum atomic E-state index is 12.3. The van der Waals surface area contributed by atoms with Gasteiger partial charge in [-0.2, -0.15) is 0 Å². The first-order valence-corrected chi connectivity index (χ1v) is 8.17. The summed E-state index contributed by atoms with van der Waals surface area (Å²) in [7, 11) is 0. The van der Waals surface area contributed by atoms with E-state index in [1.807, 2.05) is 0 Å². The minimum atomic E-state index is 0.283. The smallest absolute Gasteiger partial charge is 0.182 e. The van der Waals surface area contributed by atoms with Gasteiger partial charge in [0.05, 0.1) is 5.70 Å². The Kier molecular flexibility index (Phi) is 3.21. The van der Waals surface area contributed by atoms with Crippen molar-refractivity contribution in [1.29, 1.82) is 0 Å². The Hall–Kier alpha value is -1.77. The zero-order valence-electron chi connectivity index (χ0n) is 12.4. The van der Waals surface area contributed by atoms with E-state index in [2.05, 4.69) is 40.1 Å². The molecule has 5 rings (SSSR count). The molecule has 4 heterocycles. The summed E-state index contributed by atoms with van der Waals surface area (Å²) in [4.78, 5) is 17.0. The summed E-state index contributed by atoms with van der Waals surface area (Å²) in [6.07, 6.45) is 6.78. The number of carbonyl (C=O) groups excluding carboxylic acids is 1. The fourth-order valence-electron chi connectivity index (χ4n) is 3.82. The Bertz CT molecular complexity index is 561. The lowest BCUT2D eigenvalue weighted by atomic mass is 9.84. The van der Waals surface area contributed by atoms with E-state index in [0.717, 1.165) is 37.2 Å². The number of nitrogens with zero attached hydrogens (tertiary/aromatic N) is 2. The largest absolute Gasteiger partial charge is 0.372 e. The molecule has 0 atom stereocenters. The molecule has 0 unspecified atom stereocenters. The molecule has 0 saturated carbocycles. The van der Waals surface area contributed by atoms with Gasteiger partial charge >= 0.3 is 0 Å². The number of benzene rings is 1. The van der Waals surface area contributed by atoms with E-state index in [1.54, 1.807) is 0 Å². The number of hydrogen-bond acceptors (Lipinski definition) is 3. The number of anilines is 1. The molecule has 0 aliphatic carbocycles. The molecule has 4 aliphatic rings. The molecule has 2 bridgehead atoms. The predicted octanol–water partition coefficient (Wildman–Crippen LogP) is 2.92. The summed E-state index contributed by atoms with van der Waals surface area (Å²) in [6, 6.07) is 8.69. The van der Waals surface area contributed by atoms with Gasteiger partial charge in [-0.25, -0.2) is 0 Å². The lowest BCUT2D eigenvalue weighted by Gasteiger charge is -2.41. The highest BCUT2D eigenvalue weighted by Crippen LogP contribution is 2.32. The van der Waals surface area contributed by atoms with Gasteiger partial charge in [0, 0.05) is 37.8 Å². The minimum absolute atomic E-state index is 0.283. The van der Waals surface area contributed by atoms with Crippen molar-refractivity contribution in [2.75, 3.05) is 31.1 Å². The molecule has 3 heteroatoms. The maximum Gasteiger partial charge on any atom is 0.182 e. The van der Waals surface area contributed by atoms with Gasteiger partial charge < -0.3 is 9.80 Å². The molecule has 21 heavy (non-hydrogen) atoms. The third-order valence-corrected chi connectivity index (χ3v) is 5.13. The van der Waals surface area contributed by atoms with Gasteiger partial charge in [0.1, 0.15) is 0 Å². The lowest BCUT2D eigenvalue weighted by molar-refractivity contribution is -0.125. The Morgan fingerprint density at radius 2 is 1.57 bits per heavy atom. The molecule has 110 valence electrons. The molecular formula is C18H22N2O. The van der Waals surface area contributed by atoms with Crippen LogP contribution in [0.25, 0.3) is 6.08 Å². The first-order chi connectivity index (χ1) is 10.3. The standard InChI is InChI=1S/C18H22N2O/c21-18-15-7-11-20(12-8-15)17(18)13-14-3-5-16(6-4-14)19-9-1-2-10-19/h3-6,13,15H,1-2,7-12H2. The van der Waals surface area contributed by atoms with E-state index < -0.39 is 0 Å². The molecule has 4 fully saturated rings. The normalized spacial score (nSPS) is 24.4. The van der Waals surface area contributed by atoms with Crippen LogP contribution in [-0.4, -0.2) is 36.9 Å². The number of fused-ring (bicyclic) bond motifs is 3. The molecule has 0 radical (unpaired) electrons. The van der Waals surface area contributed by atoms with Gasteiger partial charge in [-0.15, -0.1) is 0 Å². The quantitative estimate of drug-likeness (QED) is 0.779. The van der Waals surface area contributed by atoms with Crippen LogP contribution in [0.15, 0.2) is 30.0 Å². The number of Topliss-reactive ketones (excluding diaryl/α,β-unsaturated/α-hetero) is 1. The number of ketones is 1. The van der Waals surface area contributed by atoms with Gasteiger partial charge in [0.25, 0.3) is 0 Å². The molecular weight excluding hydrogens is 260 g/mol. The summed E-state index contributed by atoms with van der Waals surface area (Å²) in [5.74, 6) is 0.640. The fraction of sp³-hybridized carbons (Fsp3) is 0.500. The van der Waals surface area contributed by atoms with Crippen molar-refractivity contribution in [3.8, 4) is 0 Å². The monoisotopic (exact) mass is 282 g/mol. The van der Waals surface area contributed by atoms with E-state index in [4.69, 9.17) is 0 Å². The van der Waals surface area contributed by atoms with Crippen molar-refractivity contribution in [2.24, 2.45) is 5.92 Å². The van der Waals surface area contributed by atoms with E-state index >= 15 is 0 Å². The Balaban J connectivity index is 1.56. The van der Waals surface area contributed by atoms with Crippen LogP contribution in [0.4, 0.5) is 5.69 Å². The molecule has 4 aliphatic heterocycles. The van der Waals surface area contributed by atoms with Crippen LogP contribution in [0.5, 0.6) is 0 Å². The third kappa shape index (κ3) is 2.35. The second-order valence-corrected chi connectivity index (χ2v) is 6.44. The van der Waals surface area contributed by atoms with Gasteiger partial charge in [0.15, 0.2) is 5.78 Å². The van der Waals surface area contributed by atoms with Crippen molar-refractivity contribution in [1.82, 2.24) is 4.90 Å². The summed E-state index contributed by atoms with van der Waals surface area (Å²) in [6.45, 7) is 4.45. The number of piperidine rings is 3. The molecule has 1 aromatic carbocycles. The summed E-state index contributed by atoms with van der Waals surface area (Å²) >= 11 is 0. The highest BCUT2D eigenvalue weighted by molar-refractivity contribution is 6.01. The van der Waals surface area contributed by atoms with Crippen LogP contribution in [0.3, 0.4) is 0 Å². The maximum absolute atomic E-state index is 12.3. The highest BCUT2D eigenvalue weighted by atomic mass is 16.1. The van der Waals surface area contributed by atoms with Crippen molar-refractivity contribution in [3.63, 3.8) is 0 Å². The van der Waals surface area contributed by atoms with Crippen molar-refractivity contribution >= 4 is 17.5 Å². The highest BCUT2D eigenvalue weighted by Gasteiger charge is 2.36. The van der Waals surface area contributed by atoms with Gasteiger partial charge in [-0.3, -0.25) is 4.79 Å². The zero-order valence-corrected chi connectivity index (χ0v) is 12.4. The van der Waals surface area contributed by atoms with Crippen LogP contribution in [-0.2, 0) is 4.79 Å². The van der Waals surface area contributed by atoms with E-state index in [-0.39, 0.29) is 5.92 Å². The Morgan fingerprint density at radius 3 is 2.19 bits per heavy atom. The first kappa shape index (κ1) is 12.9. The Labute approximate surface area is 126 Å². The van der Waals surface area contributed by atoms with Gasteiger partial charge in [-0.05, 0) is 49.5 Å². The number of allylic oxidation sites excluding steroid dienone is 1. The fourth-order valence-corrected chi connectivity index (χ4v) is 3.82. The summed E-state index contributed by atoms with van der Waals surface area (Å²) in [5, 5.41) is 0. The zero-order chi connectivity index (χ0) is 14.2. The number of hydrogen-bond donors (Lipinski definition) is 0. The average Bonchev–Trinajstić information content (AvgIpc) is 3.06. The van der Waals surface area contributed by atoms with Crippen LogP contribution < -0.4 is 4.90 Å². The van der Waals surface area contributed by atoms with Gasteiger partial charge in [-0.1, -0.05) is 12.1 Å². The SMILES string of the molecule is O=C1C(=Cc2ccc(N3CCCC3)cc2)N2CCC1CC2. The predicted molar refractivity (Wildman–Crippen MR) is 85.2 cm³/mol. The van der Waals surface area contributed by atoms with Crippen LogP contribution >= 0.6 is 0 Å². The van der Waals surface area contributed by atoms with E-state index in [1.165, 1.54) is 31.6 Å². The third-order valence-electron chi connectivity index (χ3n) is 5.13. The van der Waals surface area contributed by atoms with E-state index in [9.17, 15) is 4.79 Å². The second-order valence-electron chi connectivity index (χ2n) is 6.44. The van der Waals surface area contributed by atoms with Crippen LogP contribution in [0.2, 0.25) is 0 Å². The number of carbonyl (C=O) groups is 1. The average molecular weight is 282 g/mol. The Morgan fingerprint density at radius 1 is 0.905 bits per heavy atom. The van der Waals surface area contributed by atoms with Crippen molar-refractivity contribution < 1.29 is 4.79 Å². The summed E-state index contributed by atoms with van der Waals surface area (Å²) in [5.41, 5.74) is 3.40. The van der Waals surface area contributed by atoms with Crippen LogP contribution in [0, 0.1) is 5.92 Å². The van der Waals surface area contributed by atoms with Crippen molar-refractivity contribution in [2.45, 2.75) is 25.7 Å². The molecule has 3 nitrogen and oxygen atoms in total. The van der Waals surface area contributed by atoms with Crippen molar-refractivity contribution in [3.05, 3.63) is 35.5 Å². The lowest BCUT2D eigenvalue weighted by Crippen LogP contribution is -2.45. The number of rotatable bonds is 2. The second kappa shape index (κ2) is 5.21. The molecule has 0 N–H and O–H groups in total. The topological polar surface area (TPSA) is 23.6 Å². The summed E-state index contributed by atoms with van der Waals surface area (Å²) < 4.78 is 0.